The summed E-state index contributed by atoms with van der Waals surface area (Å²) in [6.07, 6.45) is 3.53. The quantitative estimate of drug-likeness (QED) is 0.144. The summed E-state index contributed by atoms with van der Waals surface area (Å²) in [6.45, 7) is 1.74. The molecule has 16 heteroatoms. The Morgan fingerprint density at radius 2 is 1.76 bits per heavy atom. The van der Waals surface area contributed by atoms with Gasteiger partial charge < -0.3 is 26.8 Å². The number of hydrogen-bond donors (Lipinski definition) is 6. The van der Waals surface area contributed by atoms with Crippen molar-refractivity contribution in [2.45, 2.75) is 58.0 Å². The smallest absolute Gasteiger partial charge is 0.349 e. The predicted molar refractivity (Wildman–Crippen MR) is 157 cm³/mol. The molecule has 0 saturated heterocycles. The number of H-pyrrole nitrogens is 1. The van der Waals surface area contributed by atoms with Crippen LogP contribution in [0.15, 0.2) is 38.6 Å². The van der Waals surface area contributed by atoms with Crippen LogP contribution >= 0.6 is 0 Å². The van der Waals surface area contributed by atoms with Crippen molar-refractivity contribution in [3.05, 3.63) is 78.0 Å². The minimum absolute atomic E-state index is 0.117. The van der Waals surface area contributed by atoms with Crippen LogP contribution in [0.4, 0.5) is 21.5 Å². The van der Waals surface area contributed by atoms with Crippen LogP contribution in [0.25, 0.3) is 5.78 Å². The maximum Gasteiger partial charge on any atom is 0.349 e. The van der Waals surface area contributed by atoms with Gasteiger partial charge in [0, 0.05) is 12.6 Å². The first kappa shape index (κ1) is 29.7. The van der Waals surface area contributed by atoms with E-state index in [0.29, 0.717) is 44.1 Å². The minimum atomic E-state index is -0.865. The molecule has 0 spiro atoms. The summed E-state index contributed by atoms with van der Waals surface area (Å²) in [7, 11) is 0. The second-order valence-corrected chi connectivity index (χ2v) is 11.9. The van der Waals surface area contributed by atoms with Gasteiger partial charge in [0.25, 0.3) is 28.4 Å². The van der Waals surface area contributed by atoms with Crippen LogP contribution < -0.4 is 38.2 Å². The lowest BCUT2D eigenvalue weighted by atomic mass is 9.52. The second-order valence-electron chi connectivity index (χ2n) is 11.9. The van der Waals surface area contributed by atoms with Crippen molar-refractivity contribution < 1.29 is 23.9 Å². The van der Waals surface area contributed by atoms with Gasteiger partial charge in [0.05, 0.1) is 11.1 Å². The number of benzene rings is 1. The van der Waals surface area contributed by atoms with Crippen molar-refractivity contribution in [3.63, 3.8) is 0 Å². The average molecular weight is 621 g/mol. The number of hydrogen-bond acceptors (Lipinski definition) is 10. The molecule has 3 saturated carbocycles. The zero-order valence-electron chi connectivity index (χ0n) is 24.0. The molecule has 234 valence electrons. The van der Waals surface area contributed by atoms with Crippen molar-refractivity contribution in [2.75, 3.05) is 11.1 Å². The number of nitrogens with zero attached hydrogens (tertiary/aromatic N) is 3. The molecule has 0 radical (unpaired) electrons. The largest absolute Gasteiger partial charge is 0.481 e. The molecular formula is C29H29FN8O7. The number of rotatable bonds is 9. The number of nitrogens with two attached hydrogens (primary N) is 1. The number of carboxylic acids is 1. The Morgan fingerprint density at radius 3 is 2.40 bits per heavy atom. The number of nitrogens with one attached hydrogen (secondary N) is 4. The highest BCUT2D eigenvalue weighted by molar-refractivity contribution is 5.98. The highest BCUT2D eigenvalue weighted by atomic mass is 19.1. The molecule has 1 atom stereocenters. The van der Waals surface area contributed by atoms with Gasteiger partial charge in [-0.1, -0.05) is 6.07 Å². The second kappa shape index (κ2) is 10.6. The topological polar surface area (TPSA) is 231 Å². The lowest BCUT2D eigenvalue weighted by Gasteiger charge is -2.54. The van der Waals surface area contributed by atoms with E-state index in [4.69, 9.17) is 5.73 Å². The van der Waals surface area contributed by atoms with E-state index < -0.39 is 45.6 Å². The molecule has 1 unspecified atom stereocenters. The van der Waals surface area contributed by atoms with Crippen LogP contribution in [0.5, 0.6) is 0 Å². The molecule has 15 nitrogen and oxygen atoms in total. The highest BCUT2D eigenvalue weighted by Gasteiger charge is 2.54. The Hall–Kier alpha value is -5.41. The first-order valence-corrected chi connectivity index (χ1v) is 14.3. The standard InChI is InChI=1S/C29H29FN8O7/c1-13(28-4-7-29(8-5-28,9-6-28)25(43)44)33-24(42)18-11-17(35-26-36-37-27(45)38(18)26)23(41)32-12-14-2-3-15(30)16(10-14)34-20-19(31)21(39)22(20)40/h2-3,10-11,13,34H,4-9,12,31H2,1H3,(H,32,41)(H,33,42)(H,37,45)(H,43,44). The summed E-state index contributed by atoms with van der Waals surface area (Å²) in [5, 5.41) is 23.8. The number of carbonyl (C=O) groups excluding carboxylic acids is 2. The number of halogens is 1. The maximum absolute atomic E-state index is 14.4. The monoisotopic (exact) mass is 620 g/mol. The van der Waals surface area contributed by atoms with E-state index in [1.165, 1.54) is 18.2 Å². The summed E-state index contributed by atoms with van der Waals surface area (Å²) in [5.41, 5.74) is 1.45. The van der Waals surface area contributed by atoms with Crippen molar-refractivity contribution in [3.8, 4) is 0 Å². The van der Waals surface area contributed by atoms with Gasteiger partial charge in [-0.25, -0.2) is 23.7 Å². The average Bonchev–Trinajstić information content (AvgIpc) is 3.43. The van der Waals surface area contributed by atoms with E-state index in [-0.39, 0.29) is 52.2 Å². The van der Waals surface area contributed by atoms with E-state index in [9.17, 15) is 38.3 Å². The van der Waals surface area contributed by atoms with Crippen molar-refractivity contribution in [2.24, 2.45) is 10.8 Å². The number of aromatic amines is 1. The molecule has 7 rings (SSSR count). The van der Waals surface area contributed by atoms with Gasteiger partial charge in [-0.3, -0.25) is 24.0 Å². The number of amides is 2. The van der Waals surface area contributed by atoms with Crippen LogP contribution in [0.2, 0.25) is 0 Å². The number of nitrogen functional groups attached to an aromatic ring is 1. The maximum atomic E-state index is 14.4. The third-order valence-corrected chi connectivity index (χ3v) is 9.57. The van der Waals surface area contributed by atoms with E-state index in [2.05, 4.69) is 31.1 Å². The third-order valence-electron chi connectivity index (χ3n) is 9.57. The molecule has 4 aromatic rings. The zero-order chi connectivity index (χ0) is 32.3. The molecule has 3 fully saturated rings. The molecule has 3 aliphatic rings. The van der Waals surface area contributed by atoms with Gasteiger partial charge in [0.2, 0.25) is 0 Å². The SMILES string of the molecule is CC(NC(=O)c1cc(C(=O)NCc2ccc(F)c(Nc3c(N)c(=O)c3=O)c2)nc2n[nH]c(=O)n12)C12CCC(C(=O)O)(CC1)CC2. The number of aliphatic carboxylic acids is 1. The summed E-state index contributed by atoms with van der Waals surface area (Å²) in [5.74, 6) is -3.05. The van der Waals surface area contributed by atoms with E-state index in [0.717, 1.165) is 10.5 Å². The van der Waals surface area contributed by atoms with E-state index >= 15 is 0 Å². The van der Waals surface area contributed by atoms with E-state index in [1.807, 2.05) is 6.92 Å². The lowest BCUT2D eigenvalue weighted by molar-refractivity contribution is -0.159. The Bertz CT molecular complexity index is 2000. The first-order chi connectivity index (χ1) is 21.3. The molecule has 2 amide bonds. The zero-order valence-corrected chi connectivity index (χ0v) is 24.0. The normalized spacial score (nSPS) is 21.5. The fourth-order valence-corrected chi connectivity index (χ4v) is 6.53. The van der Waals surface area contributed by atoms with Crippen LogP contribution in [0.3, 0.4) is 0 Å². The molecule has 2 aromatic carbocycles. The molecule has 0 aliphatic heterocycles. The Kier molecular flexibility index (Phi) is 7.01. The van der Waals surface area contributed by atoms with Gasteiger partial charge in [-0.05, 0) is 74.6 Å². The molecule has 45 heavy (non-hydrogen) atoms. The number of carbonyl (C=O) groups is 3. The van der Waals surface area contributed by atoms with Crippen molar-refractivity contribution in [1.29, 1.82) is 0 Å². The minimum Gasteiger partial charge on any atom is -0.481 e. The Balaban J connectivity index is 1.18. The molecule has 2 aromatic heterocycles. The third kappa shape index (κ3) is 4.91. The number of fused-ring (bicyclic) bond motifs is 4. The number of aromatic nitrogens is 4. The molecule has 3 aliphatic carbocycles. The van der Waals surface area contributed by atoms with Gasteiger partial charge in [-0.2, -0.15) is 0 Å². The van der Waals surface area contributed by atoms with Crippen molar-refractivity contribution in [1.82, 2.24) is 30.2 Å². The Labute approximate surface area is 252 Å². The van der Waals surface area contributed by atoms with E-state index in [1.54, 1.807) is 0 Å². The molecule has 7 N–H and O–H groups in total. The van der Waals surface area contributed by atoms with Gasteiger partial charge >= 0.3 is 11.7 Å². The van der Waals surface area contributed by atoms with Crippen LogP contribution in [-0.2, 0) is 11.3 Å². The predicted octanol–water partition coefficient (Wildman–Crippen LogP) is 0.952. The van der Waals surface area contributed by atoms with Gasteiger partial charge in [-0.15, -0.1) is 5.10 Å². The summed E-state index contributed by atoms with van der Waals surface area (Å²) < 4.78 is 15.3. The van der Waals surface area contributed by atoms with Crippen LogP contribution in [-0.4, -0.2) is 48.5 Å². The van der Waals surface area contributed by atoms with Gasteiger partial charge in [0.1, 0.15) is 28.6 Å². The number of carboxylic acid groups (broad SMARTS) is 1. The molecule has 2 bridgehead atoms. The number of anilines is 3. The summed E-state index contributed by atoms with van der Waals surface area (Å²) >= 11 is 0. The van der Waals surface area contributed by atoms with Crippen molar-refractivity contribution >= 4 is 40.6 Å². The fraction of sp³-hybridized carbons (Fsp3) is 0.379. The van der Waals surface area contributed by atoms with Crippen LogP contribution in [0, 0.1) is 16.6 Å². The van der Waals surface area contributed by atoms with Gasteiger partial charge in [0.15, 0.2) is 0 Å². The highest BCUT2D eigenvalue weighted by Crippen LogP contribution is 2.58. The fourth-order valence-electron chi connectivity index (χ4n) is 6.53. The first-order valence-electron chi connectivity index (χ1n) is 14.3. The molecular weight excluding hydrogens is 591 g/mol. The van der Waals surface area contributed by atoms with Crippen LogP contribution in [0.1, 0.15) is 72.0 Å². The summed E-state index contributed by atoms with van der Waals surface area (Å²) in [4.78, 5) is 78.2. The lowest BCUT2D eigenvalue weighted by Crippen LogP contribution is -2.54. The summed E-state index contributed by atoms with van der Waals surface area (Å²) in [6, 6.07) is 4.65. The Morgan fingerprint density at radius 1 is 1.07 bits per heavy atom. The molecule has 2 heterocycles.